The van der Waals surface area contributed by atoms with E-state index in [9.17, 15) is 18.1 Å². The molecular weight excluding hydrogens is 421 g/mol. The summed E-state index contributed by atoms with van der Waals surface area (Å²) >= 11 is 0. The van der Waals surface area contributed by atoms with Crippen LogP contribution in [0.1, 0.15) is 29.0 Å². The first-order valence-corrected chi connectivity index (χ1v) is 11.3. The van der Waals surface area contributed by atoms with E-state index in [1.165, 1.54) is 22.6 Å². The molecule has 3 heterocycles. The number of rotatable bonds is 3. The van der Waals surface area contributed by atoms with Crippen molar-refractivity contribution in [3.8, 4) is 6.07 Å². The maximum absolute atomic E-state index is 14.2. The molecule has 0 bridgehead atoms. The summed E-state index contributed by atoms with van der Waals surface area (Å²) in [7, 11) is -3.77. The molecule has 1 aliphatic rings. The zero-order chi connectivity index (χ0) is 22.3. The maximum Gasteiger partial charge on any atom is 0.248 e. The third-order valence-electron chi connectivity index (χ3n) is 5.56. The quantitative estimate of drug-likeness (QED) is 0.613. The van der Waals surface area contributed by atoms with Crippen molar-refractivity contribution < 1.29 is 17.3 Å². The molecule has 8 nitrogen and oxygen atoms in total. The molecule has 10 heteroatoms. The minimum atomic E-state index is -3.77. The van der Waals surface area contributed by atoms with E-state index in [0.29, 0.717) is 59.5 Å². The summed E-state index contributed by atoms with van der Waals surface area (Å²) < 4.78 is 47.1. The van der Waals surface area contributed by atoms with Gasteiger partial charge in [0.15, 0.2) is 5.76 Å². The van der Waals surface area contributed by atoms with Gasteiger partial charge in [-0.25, -0.2) is 12.8 Å². The molecule has 3 aromatic rings. The first kappa shape index (κ1) is 21.2. The van der Waals surface area contributed by atoms with Gasteiger partial charge in [-0.1, -0.05) is 5.16 Å². The molecular formula is C21H22FN5O3S. The number of fused-ring (bicyclic) bond motifs is 1. The summed E-state index contributed by atoms with van der Waals surface area (Å²) in [6.07, 6.45) is 2.04. The van der Waals surface area contributed by atoms with Crippen molar-refractivity contribution in [3.05, 3.63) is 46.7 Å². The van der Waals surface area contributed by atoms with E-state index < -0.39 is 15.8 Å². The van der Waals surface area contributed by atoms with Crippen LogP contribution in [0, 0.1) is 37.9 Å². The molecule has 1 fully saturated rings. The number of hydrogen-bond acceptors (Lipinski definition) is 7. The number of aromatic nitrogens is 2. The molecule has 0 saturated carbocycles. The summed E-state index contributed by atoms with van der Waals surface area (Å²) in [6, 6.07) is 4.94. The van der Waals surface area contributed by atoms with Gasteiger partial charge in [0, 0.05) is 37.8 Å². The SMILES string of the molecule is Cc1noc(C)c1S(=O)(=O)N1CCCN(c2c(C#N)cnc3c(C)cc(F)cc23)CC1. The Morgan fingerprint density at radius 1 is 1.16 bits per heavy atom. The molecule has 1 aliphatic heterocycles. The average molecular weight is 444 g/mol. The first-order chi connectivity index (χ1) is 14.7. The zero-order valence-corrected chi connectivity index (χ0v) is 18.3. The highest BCUT2D eigenvalue weighted by Crippen LogP contribution is 2.33. The molecule has 0 aliphatic carbocycles. The largest absolute Gasteiger partial charge is 0.368 e. The van der Waals surface area contributed by atoms with Crippen molar-refractivity contribution in [3.63, 3.8) is 0 Å². The van der Waals surface area contributed by atoms with Crippen LogP contribution in [0.5, 0.6) is 0 Å². The van der Waals surface area contributed by atoms with Gasteiger partial charge in [0.1, 0.15) is 22.5 Å². The summed E-state index contributed by atoms with van der Waals surface area (Å²) in [5.41, 5.74) is 2.56. The average Bonchev–Trinajstić information content (AvgIpc) is 2.91. The Hall–Kier alpha value is -3.03. The van der Waals surface area contributed by atoms with E-state index in [4.69, 9.17) is 4.52 Å². The van der Waals surface area contributed by atoms with Gasteiger partial charge in [-0.05, 0) is 44.9 Å². The van der Waals surface area contributed by atoms with Crippen molar-refractivity contribution in [1.82, 2.24) is 14.4 Å². The van der Waals surface area contributed by atoms with Crippen LogP contribution in [0.3, 0.4) is 0 Å². The van der Waals surface area contributed by atoms with Crippen LogP contribution in [0.15, 0.2) is 27.7 Å². The van der Waals surface area contributed by atoms with Gasteiger partial charge in [-0.15, -0.1) is 0 Å². The number of anilines is 1. The molecule has 0 amide bonds. The lowest BCUT2D eigenvalue weighted by Gasteiger charge is -2.26. The Morgan fingerprint density at radius 2 is 1.94 bits per heavy atom. The van der Waals surface area contributed by atoms with Crippen LogP contribution in [0.4, 0.5) is 10.1 Å². The predicted molar refractivity (Wildman–Crippen MR) is 113 cm³/mol. The minimum absolute atomic E-state index is 0.103. The van der Waals surface area contributed by atoms with Crippen LogP contribution < -0.4 is 4.90 Å². The van der Waals surface area contributed by atoms with Crippen molar-refractivity contribution in [2.75, 3.05) is 31.1 Å². The minimum Gasteiger partial charge on any atom is -0.368 e. The van der Waals surface area contributed by atoms with E-state index in [-0.39, 0.29) is 17.2 Å². The van der Waals surface area contributed by atoms with Gasteiger partial charge in [-0.3, -0.25) is 4.98 Å². The normalized spacial score (nSPS) is 15.8. The Labute approximate surface area is 179 Å². The van der Waals surface area contributed by atoms with Gasteiger partial charge >= 0.3 is 0 Å². The maximum atomic E-state index is 14.2. The van der Waals surface area contributed by atoms with Crippen molar-refractivity contribution in [2.24, 2.45) is 0 Å². The third kappa shape index (κ3) is 3.64. The standard InChI is InChI=1S/C21H22FN5O3S/c1-13-9-17(22)10-18-19(13)24-12-16(11-23)20(18)26-5-4-6-27(8-7-26)31(28,29)21-14(2)25-30-15(21)3/h9-10,12H,4-8H2,1-3H3. The molecule has 162 valence electrons. The van der Waals surface area contributed by atoms with Crippen molar-refractivity contribution in [2.45, 2.75) is 32.1 Å². The second-order valence-corrected chi connectivity index (χ2v) is 9.52. The highest BCUT2D eigenvalue weighted by atomic mass is 32.2. The Balaban J connectivity index is 1.72. The van der Waals surface area contributed by atoms with Gasteiger partial charge in [0.2, 0.25) is 10.0 Å². The van der Waals surface area contributed by atoms with E-state index in [2.05, 4.69) is 16.2 Å². The van der Waals surface area contributed by atoms with Crippen LogP contribution >= 0.6 is 0 Å². The highest BCUT2D eigenvalue weighted by molar-refractivity contribution is 7.89. The monoisotopic (exact) mass is 443 g/mol. The fourth-order valence-corrected chi connectivity index (χ4v) is 5.94. The number of sulfonamides is 1. The number of aryl methyl sites for hydroxylation is 3. The van der Waals surface area contributed by atoms with Crippen LogP contribution in [-0.2, 0) is 10.0 Å². The van der Waals surface area contributed by atoms with E-state index in [1.54, 1.807) is 20.8 Å². The summed E-state index contributed by atoms with van der Waals surface area (Å²) in [5.74, 6) is -0.142. The first-order valence-electron chi connectivity index (χ1n) is 9.91. The summed E-state index contributed by atoms with van der Waals surface area (Å²) in [5, 5.41) is 14.0. The third-order valence-corrected chi connectivity index (χ3v) is 7.70. The molecule has 0 unspecified atom stereocenters. The Morgan fingerprint density at radius 3 is 2.61 bits per heavy atom. The lowest BCUT2D eigenvalue weighted by Crippen LogP contribution is -2.35. The molecule has 0 spiro atoms. The number of nitriles is 1. The van der Waals surface area contributed by atoms with Crippen LogP contribution in [-0.4, -0.2) is 49.0 Å². The molecule has 1 aromatic carbocycles. The van der Waals surface area contributed by atoms with Crippen LogP contribution in [0.2, 0.25) is 0 Å². The highest BCUT2D eigenvalue weighted by Gasteiger charge is 2.33. The number of hydrogen-bond donors (Lipinski definition) is 0. The Kier molecular flexibility index (Phi) is 5.41. The molecule has 0 N–H and O–H groups in total. The van der Waals surface area contributed by atoms with Gasteiger partial charge < -0.3 is 9.42 Å². The Bertz CT molecular complexity index is 1290. The fraction of sp³-hybridized carbons (Fsp3) is 0.381. The van der Waals surface area contributed by atoms with E-state index in [1.807, 2.05) is 4.90 Å². The van der Waals surface area contributed by atoms with E-state index >= 15 is 0 Å². The zero-order valence-electron chi connectivity index (χ0n) is 17.5. The molecule has 0 atom stereocenters. The fourth-order valence-electron chi connectivity index (χ4n) is 4.17. The molecule has 4 rings (SSSR count). The predicted octanol–water partition coefficient (Wildman–Crippen LogP) is 3.06. The van der Waals surface area contributed by atoms with Gasteiger partial charge in [-0.2, -0.15) is 9.57 Å². The molecule has 31 heavy (non-hydrogen) atoms. The van der Waals surface area contributed by atoms with E-state index in [0.717, 1.165) is 0 Å². The van der Waals surface area contributed by atoms with Gasteiger partial charge in [0.05, 0.1) is 16.8 Å². The number of halogens is 1. The number of nitrogens with zero attached hydrogens (tertiary/aromatic N) is 5. The van der Waals surface area contributed by atoms with Gasteiger partial charge in [0.25, 0.3) is 0 Å². The number of benzene rings is 1. The molecule has 1 saturated heterocycles. The van der Waals surface area contributed by atoms with Crippen molar-refractivity contribution in [1.29, 1.82) is 5.26 Å². The second-order valence-electron chi connectivity index (χ2n) is 7.65. The smallest absolute Gasteiger partial charge is 0.248 e. The molecule has 2 aromatic heterocycles. The summed E-state index contributed by atoms with van der Waals surface area (Å²) in [4.78, 5) is 6.39. The topological polar surface area (TPSA) is 103 Å². The lowest BCUT2D eigenvalue weighted by molar-refractivity contribution is 0.389. The second kappa shape index (κ2) is 7.90. The van der Waals surface area contributed by atoms with Crippen molar-refractivity contribution >= 4 is 26.6 Å². The van der Waals surface area contributed by atoms with Crippen LogP contribution in [0.25, 0.3) is 10.9 Å². The molecule has 0 radical (unpaired) electrons. The number of pyridine rings is 1. The summed E-state index contributed by atoms with van der Waals surface area (Å²) in [6.45, 7) is 6.37. The lowest BCUT2D eigenvalue weighted by atomic mass is 10.0.